The van der Waals surface area contributed by atoms with Gasteiger partial charge in [0.1, 0.15) is 5.75 Å². The smallest absolute Gasteiger partial charge is 0.244 e. The van der Waals surface area contributed by atoms with Crippen LogP contribution in [0.2, 0.25) is 0 Å². The molecule has 0 bridgehead atoms. The number of benzene rings is 1. The maximum absolute atomic E-state index is 11.8. The van der Waals surface area contributed by atoms with E-state index < -0.39 is 0 Å². The number of carbonyl (C=O) groups is 1. The van der Waals surface area contributed by atoms with E-state index in [-0.39, 0.29) is 12.0 Å². The zero-order valence-corrected chi connectivity index (χ0v) is 12.8. The third-order valence-electron chi connectivity index (χ3n) is 2.86. The second-order valence-corrected chi connectivity index (χ2v) is 5.12. The van der Waals surface area contributed by atoms with Crippen LogP contribution in [0.4, 0.5) is 0 Å². The van der Waals surface area contributed by atoms with E-state index in [0.29, 0.717) is 6.54 Å². The number of carbonyl (C=O) groups excluding carboxylic acids is 1. The van der Waals surface area contributed by atoms with Crippen molar-refractivity contribution in [1.82, 2.24) is 10.3 Å². The second kappa shape index (κ2) is 7.98. The van der Waals surface area contributed by atoms with E-state index in [4.69, 9.17) is 4.74 Å². The molecule has 2 rings (SSSR count). The van der Waals surface area contributed by atoms with E-state index in [1.165, 1.54) is 6.08 Å². The molecule has 1 aromatic carbocycles. The zero-order chi connectivity index (χ0) is 15.8. The summed E-state index contributed by atoms with van der Waals surface area (Å²) in [4.78, 5) is 15.9. The van der Waals surface area contributed by atoms with Crippen molar-refractivity contribution in [2.45, 2.75) is 26.5 Å². The molecular weight excluding hydrogens is 276 g/mol. The van der Waals surface area contributed by atoms with Crippen LogP contribution in [0.5, 0.6) is 5.75 Å². The van der Waals surface area contributed by atoms with Gasteiger partial charge in [-0.15, -0.1) is 0 Å². The topological polar surface area (TPSA) is 51.2 Å². The van der Waals surface area contributed by atoms with Crippen LogP contribution in [0, 0.1) is 0 Å². The Balaban J connectivity index is 1.82. The summed E-state index contributed by atoms with van der Waals surface area (Å²) in [6.07, 6.45) is 5.02. The van der Waals surface area contributed by atoms with Crippen molar-refractivity contribution in [1.29, 1.82) is 0 Å². The molecule has 0 saturated carbocycles. The average molecular weight is 296 g/mol. The molecule has 0 aliphatic rings. The predicted octanol–water partition coefficient (Wildman–Crippen LogP) is 3.20. The Morgan fingerprint density at radius 3 is 2.64 bits per heavy atom. The molecule has 2 aromatic rings. The quantitative estimate of drug-likeness (QED) is 0.833. The van der Waals surface area contributed by atoms with Crippen LogP contribution in [0.1, 0.15) is 25.1 Å². The highest BCUT2D eigenvalue weighted by atomic mass is 16.5. The van der Waals surface area contributed by atoms with Gasteiger partial charge >= 0.3 is 0 Å². The molecule has 1 heterocycles. The number of amides is 1. The Kier molecular flexibility index (Phi) is 5.72. The fourth-order valence-corrected chi connectivity index (χ4v) is 1.84. The summed E-state index contributed by atoms with van der Waals surface area (Å²) in [7, 11) is 0. The molecule has 1 amide bonds. The minimum Gasteiger partial charge on any atom is -0.491 e. The van der Waals surface area contributed by atoms with Crippen LogP contribution in [-0.4, -0.2) is 17.0 Å². The highest BCUT2D eigenvalue weighted by Gasteiger charge is 2.00. The molecule has 0 saturated heterocycles. The molecule has 1 aromatic heterocycles. The lowest BCUT2D eigenvalue weighted by molar-refractivity contribution is -0.116. The van der Waals surface area contributed by atoms with Gasteiger partial charge in [0.25, 0.3) is 0 Å². The van der Waals surface area contributed by atoms with E-state index >= 15 is 0 Å². The molecule has 0 spiro atoms. The first kappa shape index (κ1) is 15.8. The Morgan fingerprint density at radius 2 is 2.00 bits per heavy atom. The normalized spacial score (nSPS) is 10.9. The molecule has 4 nitrogen and oxygen atoms in total. The van der Waals surface area contributed by atoms with Crippen molar-refractivity contribution in [2.75, 3.05) is 0 Å². The van der Waals surface area contributed by atoms with Gasteiger partial charge in [0.2, 0.25) is 5.91 Å². The third-order valence-corrected chi connectivity index (χ3v) is 2.86. The van der Waals surface area contributed by atoms with Crippen LogP contribution in [-0.2, 0) is 11.3 Å². The minimum atomic E-state index is -0.145. The number of hydrogen-bond donors (Lipinski definition) is 1. The minimum absolute atomic E-state index is 0.145. The van der Waals surface area contributed by atoms with Crippen molar-refractivity contribution in [3.05, 3.63) is 66.0 Å². The molecule has 22 heavy (non-hydrogen) atoms. The van der Waals surface area contributed by atoms with Gasteiger partial charge in [-0.3, -0.25) is 9.78 Å². The number of pyridine rings is 1. The van der Waals surface area contributed by atoms with Gasteiger partial charge in [-0.05, 0) is 49.8 Å². The summed E-state index contributed by atoms with van der Waals surface area (Å²) in [5.74, 6) is 0.688. The van der Waals surface area contributed by atoms with Crippen LogP contribution in [0.25, 0.3) is 6.08 Å². The maximum atomic E-state index is 11.8. The standard InChI is InChI=1S/C18H20N2O2/c1-14(2)22-17-9-6-15(7-10-17)13-20-18(21)11-8-16-5-3-4-12-19-16/h3-12,14H,13H2,1-2H3,(H,20,21). The van der Waals surface area contributed by atoms with Gasteiger partial charge < -0.3 is 10.1 Å². The van der Waals surface area contributed by atoms with Gasteiger partial charge in [-0.25, -0.2) is 0 Å². The maximum Gasteiger partial charge on any atom is 0.244 e. The van der Waals surface area contributed by atoms with Crippen molar-refractivity contribution in [2.24, 2.45) is 0 Å². The highest BCUT2D eigenvalue weighted by Crippen LogP contribution is 2.13. The van der Waals surface area contributed by atoms with Gasteiger partial charge in [-0.1, -0.05) is 18.2 Å². The van der Waals surface area contributed by atoms with E-state index in [1.807, 2.05) is 56.3 Å². The molecule has 0 radical (unpaired) electrons. The Morgan fingerprint density at radius 1 is 1.23 bits per heavy atom. The first-order chi connectivity index (χ1) is 10.6. The molecule has 0 aliphatic heterocycles. The number of nitrogens with zero attached hydrogens (tertiary/aromatic N) is 1. The monoisotopic (exact) mass is 296 g/mol. The number of aromatic nitrogens is 1. The van der Waals surface area contributed by atoms with Gasteiger partial charge in [0, 0.05) is 18.8 Å². The summed E-state index contributed by atoms with van der Waals surface area (Å²) >= 11 is 0. The fourth-order valence-electron chi connectivity index (χ4n) is 1.84. The molecule has 0 atom stereocenters. The lowest BCUT2D eigenvalue weighted by Crippen LogP contribution is -2.20. The van der Waals surface area contributed by atoms with E-state index in [9.17, 15) is 4.79 Å². The Bertz CT molecular complexity index is 619. The van der Waals surface area contributed by atoms with Crippen molar-refractivity contribution < 1.29 is 9.53 Å². The second-order valence-electron chi connectivity index (χ2n) is 5.12. The number of nitrogens with one attached hydrogen (secondary N) is 1. The third kappa shape index (κ3) is 5.40. The Hall–Kier alpha value is -2.62. The molecule has 4 heteroatoms. The summed E-state index contributed by atoms with van der Waals surface area (Å²) in [5.41, 5.74) is 1.78. The van der Waals surface area contributed by atoms with Gasteiger partial charge in [0.15, 0.2) is 0 Å². The van der Waals surface area contributed by atoms with Crippen LogP contribution in [0.3, 0.4) is 0 Å². The molecule has 0 aliphatic carbocycles. The predicted molar refractivity (Wildman–Crippen MR) is 87.3 cm³/mol. The SMILES string of the molecule is CC(C)Oc1ccc(CNC(=O)C=Cc2ccccn2)cc1. The summed E-state index contributed by atoms with van der Waals surface area (Å²) in [6, 6.07) is 13.3. The zero-order valence-electron chi connectivity index (χ0n) is 12.8. The summed E-state index contributed by atoms with van der Waals surface area (Å²) < 4.78 is 5.58. The average Bonchev–Trinajstić information content (AvgIpc) is 2.53. The fraction of sp³-hybridized carbons (Fsp3) is 0.222. The van der Waals surface area contributed by atoms with Crippen LogP contribution < -0.4 is 10.1 Å². The highest BCUT2D eigenvalue weighted by molar-refractivity contribution is 5.91. The largest absolute Gasteiger partial charge is 0.491 e. The van der Waals surface area contributed by atoms with Crippen LogP contribution >= 0.6 is 0 Å². The van der Waals surface area contributed by atoms with Crippen molar-refractivity contribution in [3.63, 3.8) is 0 Å². The first-order valence-electron chi connectivity index (χ1n) is 7.26. The summed E-state index contributed by atoms with van der Waals surface area (Å²) in [6.45, 7) is 4.46. The number of hydrogen-bond acceptors (Lipinski definition) is 3. The van der Waals surface area contributed by atoms with Crippen molar-refractivity contribution in [3.8, 4) is 5.75 Å². The lowest BCUT2D eigenvalue weighted by Gasteiger charge is -2.10. The van der Waals surface area contributed by atoms with E-state index in [1.54, 1.807) is 12.3 Å². The van der Waals surface area contributed by atoms with Crippen molar-refractivity contribution >= 4 is 12.0 Å². The summed E-state index contributed by atoms with van der Waals surface area (Å²) in [5, 5.41) is 2.84. The van der Waals surface area contributed by atoms with Gasteiger partial charge in [0.05, 0.1) is 11.8 Å². The Labute approximate surface area is 130 Å². The first-order valence-corrected chi connectivity index (χ1v) is 7.26. The van der Waals surface area contributed by atoms with E-state index in [0.717, 1.165) is 17.0 Å². The molecular formula is C18H20N2O2. The van der Waals surface area contributed by atoms with Gasteiger partial charge in [-0.2, -0.15) is 0 Å². The van der Waals surface area contributed by atoms with E-state index in [2.05, 4.69) is 10.3 Å². The number of ether oxygens (including phenoxy) is 1. The molecule has 0 fully saturated rings. The molecule has 1 N–H and O–H groups in total. The molecule has 114 valence electrons. The lowest BCUT2D eigenvalue weighted by atomic mass is 10.2. The molecule has 0 unspecified atom stereocenters. The van der Waals surface area contributed by atoms with Crippen LogP contribution in [0.15, 0.2) is 54.7 Å². The number of rotatable bonds is 6.